The van der Waals surface area contributed by atoms with Crippen molar-refractivity contribution in [2.45, 2.75) is 68.2 Å². The summed E-state index contributed by atoms with van der Waals surface area (Å²) in [6.07, 6.45) is 8.45. The fourth-order valence-corrected chi connectivity index (χ4v) is 4.51. The van der Waals surface area contributed by atoms with Gasteiger partial charge in [0.25, 0.3) is 0 Å². The number of thioether (sulfide) groups is 1. The van der Waals surface area contributed by atoms with Crippen LogP contribution < -0.4 is 10.2 Å². The Morgan fingerprint density at radius 1 is 1.42 bits per heavy atom. The zero-order chi connectivity index (χ0) is 16.9. The van der Waals surface area contributed by atoms with Gasteiger partial charge in [0, 0.05) is 25.2 Å². The zero-order valence-corrected chi connectivity index (χ0v) is 15.0. The Balaban J connectivity index is 1.69. The molecule has 0 spiro atoms. The van der Waals surface area contributed by atoms with Gasteiger partial charge >= 0.3 is 0 Å². The lowest BCUT2D eigenvalue weighted by atomic mass is 10.2. The maximum atomic E-state index is 12.9. The van der Waals surface area contributed by atoms with Crippen molar-refractivity contribution >= 4 is 29.3 Å². The van der Waals surface area contributed by atoms with E-state index in [9.17, 15) is 9.59 Å². The lowest BCUT2D eigenvalue weighted by Gasteiger charge is -2.32. The quantitative estimate of drug-likeness (QED) is 0.859. The van der Waals surface area contributed by atoms with Crippen LogP contribution in [0, 0.1) is 0 Å². The topological polar surface area (TPSA) is 62.3 Å². The molecule has 24 heavy (non-hydrogen) atoms. The number of hydrogen-bond acceptors (Lipinski definition) is 4. The van der Waals surface area contributed by atoms with Gasteiger partial charge in [-0.3, -0.25) is 9.59 Å². The van der Waals surface area contributed by atoms with E-state index < -0.39 is 0 Å². The number of nitrogens with zero attached hydrogens (tertiary/aromatic N) is 2. The van der Waals surface area contributed by atoms with Gasteiger partial charge in [-0.1, -0.05) is 37.9 Å². The first-order chi connectivity index (χ1) is 11.7. The minimum absolute atomic E-state index is 0.0115. The Labute approximate surface area is 147 Å². The van der Waals surface area contributed by atoms with Gasteiger partial charge in [-0.25, -0.2) is 4.98 Å². The summed E-state index contributed by atoms with van der Waals surface area (Å²) in [7, 11) is 0. The van der Waals surface area contributed by atoms with E-state index in [4.69, 9.17) is 0 Å². The smallest absolute Gasteiger partial charge is 0.241 e. The highest BCUT2D eigenvalue weighted by Gasteiger charge is 2.35. The van der Waals surface area contributed by atoms with Crippen molar-refractivity contribution in [3.63, 3.8) is 0 Å². The molecule has 1 aliphatic carbocycles. The van der Waals surface area contributed by atoms with Gasteiger partial charge in [-0.05, 0) is 31.4 Å². The number of fused-ring (bicyclic) bond motifs is 1. The molecule has 2 heterocycles. The number of amides is 2. The molecule has 0 unspecified atom stereocenters. The Morgan fingerprint density at radius 3 is 2.96 bits per heavy atom. The van der Waals surface area contributed by atoms with Crippen LogP contribution in [0.1, 0.15) is 51.9 Å². The van der Waals surface area contributed by atoms with Crippen molar-refractivity contribution in [2.75, 3.05) is 11.4 Å². The summed E-state index contributed by atoms with van der Waals surface area (Å²) >= 11 is 1.43. The van der Waals surface area contributed by atoms with Gasteiger partial charge in [0.1, 0.15) is 5.03 Å². The molecular weight excluding hydrogens is 322 g/mol. The molecule has 2 amide bonds. The number of unbranched alkanes of at least 4 members (excludes halogenated alkanes) is 1. The molecule has 0 aromatic carbocycles. The van der Waals surface area contributed by atoms with Crippen LogP contribution in [-0.4, -0.2) is 34.6 Å². The lowest BCUT2D eigenvalue weighted by Crippen LogP contribution is -2.44. The first-order valence-corrected chi connectivity index (χ1v) is 9.79. The number of anilines is 1. The summed E-state index contributed by atoms with van der Waals surface area (Å²) in [5.74, 6) is 0.0260. The van der Waals surface area contributed by atoms with Crippen molar-refractivity contribution in [1.82, 2.24) is 10.3 Å². The predicted molar refractivity (Wildman–Crippen MR) is 96.2 cm³/mol. The summed E-state index contributed by atoms with van der Waals surface area (Å²) < 4.78 is 0. The molecule has 2 aliphatic rings. The number of carbonyl (C=O) groups is 2. The van der Waals surface area contributed by atoms with Crippen molar-refractivity contribution in [1.29, 1.82) is 0 Å². The number of pyridine rings is 1. The second-order valence-corrected chi connectivity index (χ2v) is 7.72. The molecule has 1 atom stereocenters. The second kappa shape index (κ2) is 8.01. The maximum Gasteiger partial charge on any atom is 0.241 e. The van der Waals surface area contributed by atoms with Crippen molar-refractivity contribution < 1.29 is 9.59 Å². The van der Waals surface area contributed by atoms with E-state index in [2.05, 4.69) is 17.2 Å². The van der Waals surface area contributed by atoms with Crippen LogP contribution in [0.25, 0.3) is 0 Å². The zero-order valence-electron chi connectivity index (χ0n) is 14.2. The molecule has 1 fully saturated rings. The van der Waals surface area contributed by atoms with Gasteiger partial charge in [-0.2, -0.15) is 0 Å². The van der Waals surface area contributed by atoms with Crippen LogP contribution in [0.15, 0.2) is 23.4 Å². The molecule has 5 nitrogen and oxygen atoms in total. The average molecular weight is 347 g/mol. The van der Waals surface area contributed by atoms with Crippen LogP contribution in [0.2, 0.25) is 0 Å². The second-order valence-electron chi connectivity index (χ2n) is 6.53. The van der Waals surface area contributed by atoms with Crippen LogP contribution in [0.3, 0.4) is 0 Å². The molecule has 3 rings (SSSR count). The van der Waals surface area contributed by atoms with Gasteiger partial charge in [0.15, 0.2) is 0 Å². The van der Waals surface area contributed by atoms with Gasteiger partial charge in [0.2, 0.25) is 11.8 Å². The Kier molecular flexibility index (Phi) is 5.76. The number of rotatable bonds is 6. The third kappa shape index (κ3) is 3.91. The largest absolute Gasteiger partial charge is 0.353 e. The number of aromatic nitrogens is 1. The van der Waals surface area contributed by atoms with E-state index in [1.54, 1.807) is 6.20 Å². The molecule has 1 N–H and O–H groups in total. The van der Waals surface area contributed by atoms with E-state index >= 15 is 0 Å². The summed E-state index contributed by atoms with van der Waals surface area (Å²) in [5, 5.41) is 3.57. The standard InChI is InChI=1S/C18H25N3O2S/c1-2-3-11-21-14-9-6-10-19-17(14)24-15(18(21)23)12-16(22)20-13-7-4-5-8-13/h6,9-10,13,15H,2-5,7-8,11-12H2,1H3,(H,20,22)/t15-/m1/s1. The molecule has 0 radical (unpaired) electrons. The first kappa shape index (κ1) is 17.3. The third-order valence-corrected chi connectivity index (χ3v) is 5.85. The van der Waals surface area contributed by atoms with E-state index in [0.717, 1.165) is 36.4 Å². The highest BCUT2D eigenvalue weighted by molar-refractivity contribution is 8.00. The Hall–Kier alpha value is -1.56. The first-order valence-electron chi connectivity index (χ1n) is 8.91. The van der Waals surface area contributed by atoms with Crippen LogP contribution in [0.5, 0.6) is 0 Å². The van der Waals surface area contributed by atoms with Gasteiger partial charge in [-0.15, -0.1) is 0 Å². The van der Waals surface area contributed by atoms with Crippen LogP contribution in [-0.2, 0) is 9.59 Å². The van der Waals surface area contributed by atoms with Gasteiger partial charge < -0.3 is 10.2 Å². The fourth-order valence-electron chi connectivity index (χ4n) is 3.36. The number of carbonyl (C=O) groups excluding carboxylic acids is 2. The maximum absolute atomic E-state index is 12.9. The summed E-state index contributed by atoms with van der Waals surface area (Å²) in [5.41, 5.74) is 0.883. The fraction of sp³-hybridized carbons (Fsp3) is 0.611. The van der Waals surface area contributed by atoms with Crippen LogP contribution in [0.4, 0.5) is 5.69 Å². The molecule has 6 heteroatoms. The molecule has 1 aromatic rings. The molecule has 130 valence electrons. The van der Waals surface area contributed by atoms with E-state index in [-0.39, 0.29) is 23.5 Å². The number of hydrogen-bond donors (Lipinski definition) is 1. The van der Waals surface area contributed by atoms with E-state index in [1.165, 1.54) is 24.6 Å². The minimum atomic E-state index is -0.370. The number of nitrogens with one attached hydrogen (secondary N) is 1. The van der Waals surface area contributed by atoms with Crippen molar-refractivity contribution in [3.8, 4) is 0 Å². The van der Waals surface area contributed by atoms with Crippen molar-refractivity contribution in [2.24, 2.45) is 0 Å². The molecule has 1 aliphatic heterocycles. The highest BCUT2D eigenvalue weighted by Crippen LogP contribution is 2.38. The monoisotopic (exact) mass is 347 g/mol. The minimum Gasteiger partial charge on any atom is -0.353 e. The third-order valence-electron chi connectivity index (χ3n) is 4.66. The Bertz CT molecular complexity index is 602. The summed E-state index contributed by atoms with van der Waals surface area (Å²) in [6, 6.07) is 4.10. The normalized spacial score (nSPS) is 21.0. The molecule has 1 aromatic heterocycles. The summed E-state index contributed by atoms with van der Waals surface area (Å²) in [6.45, 7) is 2.80. The van der Waals surface area contributed by atoms with Crippen molar-refractivity contribution in [3.05, 3.63) is 18.3 Å². The summed E-state index contributed by atoms with van der Waals surface area (Å²) in [4.78, 5) is 31.4. The molecular formula is C18H25N3O2S. The molecule has 1 saturated carbocycles. The van der Waals surface area contributed by atoms with E-state index in [0.29, 0.717) is 12.6 Å². The lowest BCUT2D eigenvalue weighted by molar-refractivity contribution is -0.125. The predicted octanol–water partition coefficient (Wildman–Crippen LogP) is 3.14. The SMILES string of the molecule is CCCCN1C(=O)[C@@H](CC(=O)NC2CCCC2)Sc2ncccc21. The van der Waals surface area contributed by atoms with Crippen LogP contribution >= 0.6 is 11.8 Å². The highest BCUT2D eigenvalue weighted by atomic mass is 32.2. The average Bonchev–Trinajstić information content (AvgIpc) is 3.08. The van der Waals surface area contributed by atoms with Gasteiger partial charge in [0.05, 0.1) is 10.9 Å². The van der Waals surface area contributed by atoms with E-state index in [1.807, 2.05) is 17.0 Å². The Morgan fingerprint density at radius 2 is 2.21 bits per heavy atom. The molecule has 0 bridgehead atoms. The molecule has 0 saturated heterocycles.